The van der Waals surface area contributed by atoms with Crippen molar-refractivity contribution < 1.29 is 18.0 Å². The Labute approximate surface area is 123 Å². The molecular formula is C13H9ClF3N3O. The van der Waals surface area contributed by atoms with E-state index in [0.717, 1.165) is 12.1 Å². The first-order chi connectivity index (χ1) is 9.84. The van der Waals surface area contributed by atoms with E-state index in [0.29, 0.717) is 5.56 Å². The minimum absolute atomic E-state index is 0.0771. The van der Waals surface area contributed by atoms with Crippen molar-refractivity contribution in [3.63, 3.8) is 0 Å². The molecule has 2 rings (SSSR count). The SMILES string of the molecule is O=C(Cc1ccc(C(F)(F)F)cc1)Nc1cncc(Cl)n1. The monoisotopic (exact) mass is 315 g/mol. The van der Waals surface area contributed by atoms with Crippen LogP contribution < -0.4 is 5.32 Å². The van der Waals surface area contributed by atoms with E-state index in [2.05, 4.69) is 15.3 Å². The molecular weight excluding hydrogens is 307 g/mol. The predicted octanol–water partition coefficient (Wildman–Crippen LogP) is 3.33. The number of nitrogens with one attached hydrogen (secondary N) is 1. The molecule has 0 aliphatic rings. The first-order valence-corrected chi connectivity index (χ1v) is 6.16. The molecule has 8 heteroatoms. The van der Waals surface area contributed by atoms with E-state index < -0.39 is 17.6 Å². The fourth-order valence-electron chi connectivity index (χ4n) is 1.59. The zero-order valence-electron chi connectivity index (χ0n) is 10.5. The standard InChI is InChI=1S/C13H9ClF3N3O/c14-10-6-18-7-11(19-10)20-12(21)5-8-1-3-9(4-2-8)13(15,16)17/h1-4,6-7H,5H2,(H,19,20,21). The number of aromatic nitrogens is 2. The highest BCUT2D eigenvalue weighted by molar-refractivity contribution is 6.29. The van der Waals surface area contributed by atoms with Gasteiger partial charge in [-0.1, -0.05) is 23.7 Å². The zero-order valence-corrected chi connectivity index (χ0v) is 11.2. The molecule has 0 radical (unpaired) electrons. The summed E-state index contributed by atoms with van der Waals surface area (Å²) in [5.41, 5.74) is -0.303. The molecule has 1 amide bonds. The number of benzene rings is 1. The Hall–Kier alpha value is -2.15. The van der Waals surface area contributed by atoms with Crippen LogP contribution in [-0.2, 0) is 17.4 Å². The van der Waals surface area contributed by atoms with Gasteiger partial charge in [-0.15, -0.1) is 0 Å². The Morgan fingerprint density at radius 1 is 1.19 bits per heavy atom. The number of rotatable bonds is 3. The lowest BCUT2D eigenvalue weighted by Gasteiger charge is -2.08. The Balaban J connectivity index is 2.00. The van der Waals surface area contributed by atoms with E-state index >= 15 is 0 Å². The van der Waals surface area contributed by atoms with Crippen LogP contribution >= 0.6 is 11.6 Å². The molecule has 1 aromatic carbocycles. The van der Waals surface area contributed by atoms with Crippen molar-refractivity contribution in [3.05, 3.63) is 52.9 Å². The van der Waals surface area contributed by atoms with Crippen molar-refractivity contribution in [1.82, 2.24) is 9.97 Å². The van der Waals surface area contributed by atoms with E-state index in [1.807, 2.05) is 0 Å². The number of hydrogen-bond donors (Lipinski definition) is 1. The van der Waals surface area contributed by atoms with E-state index in [-0.39, 0.29) is 17.4 Å². The Morgan fingerprint density at radius 3 is 2.43 bits per heavy atom. The van der Waals surface area contributed by atoms with Crippen molar-refractivity contribution in [2.45, 2.75) is 12.6 Å². The van der Waals surface area contributed by atoms with Gasteiger partial charge in [0.15, 0.2) is 5.82 Å². The Kier molecular flexibility index (Phi) is 4.42. The topological polar surface area (TPSA) is 54.9 Å². The lowest BCUT2D eigenvalue weighted by atomic mass is 10.1. The van der Waals surface area contributed by atoms with Gasteiger partial charge in [-0.3, -0.25) is 9.78 Å². The first kappa shape index (κ1) is 15.2. The summed E-state index contributed by atoms with van der Waals surface area (Å²) in [5.74, 6) is -0.245. The summed E-state index contributed by atoms with van der Waals surface area (Å²) < 4.78 is 37.2. The minimum atomic E-state index is -4.39. The molecule has 0 aliphatic carbocycles. The highest BCUT2D eigenvalue weighted by Crippen LogP contribution is 2.29. The lowest BCUT2D eigenvalue weighted by molar-refractivity contribution is -0.137. The second-order valence-electron chi connectivity index (χ2n) is 4.15. The van der Waals surface area contributed by atoms with Crippen LogP contribution in [0, 0.1) is 0 Å². The van der Waals surface area contributed by atoms with Crippen LogP contribution in [0.25, 0.3) is 0 Å². The number of carbonyl (C=O) groups is 1. The third-order valence-electron chi connectivity index (χ3n) is 2.52. The highest BCUT2D eigenvalue weighted by Gasteiger charge is 2.29. The molecule has 0 saturated carbocycles. The molecule has 0 fully saturated rings. The van der Waals surface area contributed by atoms with Crippen LogP contribution in [0.3, 0.4) is 0 Å². The van der Waals surface area contributed by atoms with E-state index in [9.17, 15) is 18.0 Å². The largest absolute Gasteiger partial charge is 0.416 e. The van der Waals surface area contributed by atoms with Gasteiger partial charge in [0.25, 0.3) is 0 Å². The van der Waals surface area contributed by atoms with Crippen LogP contribution in [0.2, 0.25) is 5.15 Å². The zero-order chi connectivity index (χ0) is 15.5. The van der Waals surface area contributed by atoms with Crippen molar-refractivity contribution in [2.75, 3.05) is 5.32 Å². The van der Waals surface area contributed by atoms with E-state index in [1.54, 1.807) is 0 Å². The second-order valence-corrected chi connectivity index (χ2v) is 4.53. The van der Waals surface area contributed by atoms with Crippen LogP contribution in [0.15, 0.2) is 36.7 Å². The normalized spacial score (nSPS) is 11.2. The molecule has 1 N–H and O–H groups in total. The highest BCUT2D eigenvalue weighted by atomic mass is 35.5. The summed E-state index contributed by atoms with van der Waals surface area (Å²) in [6.07, 6.45) is -1.84. The van der Waals surface area contributed by atoms with Crippen LogP contribution in [0.4, 0.5) is 19.0 Å². The number of halogens is 4. The summed E-state index contributed by atoms with van der Waals surface area (Å²) in [6.45, 7) is 0. The second kappa shape index (κ2) is 6.09. The average Bonchev–Trinajstić information content (AvgIpc) is 2.38. The van der Waals surface area contributed by atoms with E-state index in [4.69, 9.17) is 11.6 Å². The molecule has 0 atom stereocenters. The van der Waals surface area contributed by atoms with Gasteiger partial charge < -0.3 is 5.32 Å². The van der Waals surface area contributed by atoms with Crippen molar-refractivity contribution >= 4 is 23.3 Å². The molecule has 0 aliphatic heterocycles. The van der Waals surface area contributed by atoms with Gasteiger partial charge in [-0.2, -0.15) is 13.2 Å². The summed E-state index contributed by atoms with van der Waals surface area (Å²) in [6, 6.07) is 4.38. The van der Waals surface area contributed by atoms with Crippen LogP contribution in [0.5, 0.6) is 0 Å². The molecule has 0 spiro atoms. The predicted molar refractivity (Wildman–Crippen MR) is 70.8 cm³/mol. The molecule has 2 aromatic rings. The molecule has 0 saturated heterocycles. The smallest absolute Gasteiger partial charge is 0.309 e. The number of amides is 1. The Morgan fingerprint density at radius 2 is 1.86 bits per heavy atom. The molecule has 1 heterocycles. The summed E-state index contributed by atoms with van der Waals surface area (Å²) in [5, 5.41) is 2.58. The molecule has 0 unspecified atom stereocenters. The summed E-state index contributed by atoms with van der Waals surface area (Å²) in [7, 11) is 0. The van der Waals surface area contributed by atoms with Gasteiger partial charge in [0.2, 0.25) is 5.91 Å². The number of alkyl halides is 3. The fraction of sp³-hybridized carbons (Fsp3) is 0.154. The summed E-state index contributed by atoms with van der Waals surface area (Å²) in [4.78, 5) is 19.3. The number of nitrogens with zero attached hydrogens (tertiary/aromatic N) is 2. The average molecular weight is 316 g/mol. The number of carbonyl (C=O) groups excluding carboxylic acids is 1. The van der Waals surface area contributed by atoms with Gasteiger partial charge in [-0.05, 0) is 17.7 Å². The van der Waals surface area contributed by atoms with Crippen molar-refractivity contribution in [2.24, 2.45) is 0 Å². The maximum absolute atomic E-state index is 12.4. The number of anilines is 1. The number of hydrogen-bond acceptors (Lipinski definition) is 3. The van der Waals surface area contributed by atoms with Crippen molar-refractivity contribution in [3.8, 4) is 0 Å². The summed E-state index contributed by atoms with van der Waals surface area (Å²) >= 11 is 5.62. The van der Waals surface area contributed by atoms with Gasteiger partial charge in [0, 0.05) is 0 Å². The molecule has 1 aromatic heterocycles. The first-order valence-electron chi connectivity index (χ1n) is 5.78. The maximum atomic E-state index is 12.4. The van der Waals surface area contributed by atoms with Gasteiger partial charge in [0.1, 0.15) is 5.15 Å². The quantitative estimate of drug-likeness (QED) is 0.945. The van der Waals surface area contributed by atoms with E-state index in [1.165, 1.54) is 24.5 Å². The Bertz CT molecular complexity index is 644. The van der Waals surface area contributed by atoms with Crippen LogP contribution in [0.1, 0.15) is 11.1 Å². The lowest BCUT2D eigenvalue weighted by Crippen LogP contribution is -2.15. The van der Waals surface area contributed by atoms with Crippen LogP contribution in [-0.4, -0.2) is 15.9 Å². The third-order valence-corrected chi connectivity index (χ3v) is 2.70. The third kappa shape index (κ3) is 4.42. The fourth-order valence-corrected chi connectivity index (χ4v) is 1.73. The molecule has 110 valence electrons. The maximum Gasteiger partial charge on any atom is 0.416 e. The minimum Gasteiger partial charge on any atom is -0.309 e. The van der Waals surface area contributed by atoms with Gasteiger partial charge in [-0.25, -0.2) is 4.98 Å². The van der Waals surface area contributed by atoms with Crippen molar-refractivity contribution in [1.29, 1.82) is 0 Å². The molecule has 21 heavy (non-hydrogen) atoms. The van der Waals surface area contributed by atoms with Gasteiger partial charge in [0.05, 0.1) is 24.4 Å². The molecule has 4 nitrogen and oxygen atoms in total. The molecule has 0 bridgehead atoms. The van der Waals surface area contributed by atoms with Gasteiger partial charge >= 0.3 is 6.18 Å².